The van der Waals surface area contributed by atoms with Gasteiger partial charge in [0.15, 0.2) is 12.6 Å². The maximum atomic E-state index is 11.3. The number of aromatic nitrogens is 3. The van der Waals surface area contributed by atoms with Crippen LogP contribution in [0.2, 0.25) is 0 Å². The number of phenolic OH excluding ortho intramolecular Hbond substituents is 1. The van der Waals surface area contributed by atoms with E-state index in [1.165, 1.54) is 83.5 Å². The molecule has 8 N–H and O–H groups in total. The number of aromatic hydroxyl groups is 1. The molecule has 0 amide bonds. The van der Waals surface area contributed by atoms with Gasteiger partial charge >= 0.3 is 0 Å². The second-order valence-electron chi connectivity index (χ2n) is 17.5. The van der Waals surface area contributed by atoms with E-state index in [0.29, 0.717) is 5.69 Å². The molecular formula is C44H73N3O13. The summed E-state index contributed by atoms with van der Waals surface area (Å²) in [5, 5.41) is 91.7. The van der Waals surface area contributed by atoms with E-state index >= 15 is 0 Å². The van der Waals surface area contributed by atoms with Gasteiger partial charge in [0.25, 0.3) is 0 Å². The fourth-order valence-electron chi connectivity index (χ4n) is 8.71. The molecule has 1 unspecified atom stereocenters. The normalized spacial score (nSPS) is 30.6. The van der Waals surface area contributed by atoms with Gasteiger partial charge in [-0.15, -0.1) is 5.10 Å². The topological polar surface area (TPSA) is 239 Å². The van der Waals surface area contributed by atoms with Crippen molar-refractivity contribution in [3.8, 4) is 11.5 Å². The lowest BCUT2D eigenvalue weighted by molar-refractivity contribution is -0.360. The molecule has 0 bridgehead atoms. The summed E-state index contributed by atoms with van der Waals surface area (Å²) in [7, 11) is 0. The highest BCUT2D eigenvalue weighted by Crippen LogP contribution is 2.45. The minimum absolute atomic E-state index is 0.192. The third kappa shape index (κ3) is 12.4. The first-order valence-corrected chi connectivity index (χ1v) is 22.4. The highest BCUT2D eigenvalue weighted by Gasteiger charge is 2.51. The van der Waals surface area contributed by atoms with E-state index in [1.807, 2.05) is 13.8 Å². The van der Waals surface area contributed by atoms with Crippen LogP contribution >= 0.6 is 0 Å². The van der Waals surface area contributed by atoms with Crippen molar-refractivity contribution in [3.63, 3.8) is 0 Å². The van der Waals surface area contributed by atoms with Crippen LogP contribution in [0.1, 0.15) is 145 Å². The molecule has 3 aliphatic rings. The SMILES string of the molecule is CCCCCCCCCCCCCCCCC1(C)CCc2c(Cn3cc(CO[C@H]4O[C@@H](CO)[C@H](O[C@H]5O[C@@H](CO)[C@@H](O)[C@@H](O)[C@@H]5O)[C@H](O)[C@@H]4O)nn3)c(O)c(C)c(C)c2O1. The fraction of sp³-hybridized carbons (Fsp3) is 0.818. The molecule has 1 aromatic heterocycles. The zero-order chi connectivity index (χ0) is 43.4. The van der Waals surface area contributed by atoms with Crippen LogP contribution in [-0.2, 0) is 38.5 Å². The molecule has 16 nitrogen and oxygen atoms in total. The second-order valence-corrected chi connectivity index (χ2v) is 17.5. The minimum Gasteiger partial charge on any atom is -0.507 e. The lowest BCUT2D eigenvalue weighted by atomic mass is 9.84. The third-order valence-corrected chi connectivity index (χ3v) is 12.8. The highest BCUT2D eigenvalue weighted by molar-refractivity contribution is 5.59. The summed E-state index contributed by atoms with van der Waals surface area (Å²) in [5.74, 6) is 1.03. The van der Waals surface area contributed by atoms with Crippen molar-refractivity contribution in [2.24, 2.45) is 0 Å². The van der Waals surface area contributed by atoms with Crippen molar-refractivity contribution < 1.29 is 64.5 Å². The Morgan fingerprint density at radius 1 is 0.750 bits per heavy atom. The Morgan fingerprint density at radius 2 is 1.33 bits per heavy atom. The summed E-state index contributed by atoms with van der Waals surface area (Å²) in [6.07, 6.45) is 7.20. The predicted molar refractivity (Wildman–Crippen MR) is 220 cm³/mol. The molecular weight excluding hydrogens is 778 g/mol. The fourth-order valence-corrected chi connectivity index (χ4v) is 8.71. The van der Waals surface area contributed by atoms with Crippen molar-refractivity contribution in [2.45, 2.75) is 217 Å². The Bertz CT molecular complexity index is 1590. The van der Waals surface area contributed by atoms with E-state index in [1.54, 1.807) is 10.9 Å². The van der Waals surface area contributed by atoms with E-state index in [2.05, 4.69) is 24.2 Å². The van der Waals surface area contributed by atoms with Gasteiger partial charge in [-0.25, -0.2) is 4.68 Å². The molecule has 2 fully saturated rings. The van der Waals surface area contributed by atoms with Crippen LogP contribution in [0.5, 0.6) is 11.5 Å². The molecule has 0 spiro atoms. The first-order chi connectivity index (χ1) is 28.8. The number of hydrogen-bond acceptors (Lipinski definition) is 15. The molecule has 2 aromatic rings. The summed E-state index contributed by atoms with van der Waals surface area (Å²) < 4.78 is 30.8. The molecule has 5 rings (SSSR count). The molecule has 0 saturated carbocycles. The summed E-state index contributed by atoms with van der Waals surface area (Å²) in [6, 6.07) is 0. The maximum Gasteiger partial charge on any atom is 0.187 e. The van der Waals surface area contributed by atoms with Gasteiger partial charge in [-0.05, 0) is 57.6 Å². The van der Waals surface area contributed by atoms with Crippen molar-refractivity contribution in [2.75, 3.05) is 13.2 Å². The van der Waals surface area contributed by atoms with E-state index < -0.39 is 74.6 Å². The molecule has 342 valence electrons. The summed E-state index contributed by atoms with van der Waals surface area (Å²) in [6.45, 7) is 7.00. The average Bonchev–Trinajstić information content (AvgIpc) is 3.70. The van der Waals surface area contributed by atoms with Crippen molar-refractivity contribution >= 4 is 0 Å². The molecule has 60 heavy (non-hydrogen) atoms. The average molecular weight is 852 g/mol. The van der Waals surface area contributed by atoms with E-state index in [9.17, 15) is 40.9 Å². The molecule has 11 atom stereocenters. The van der Waals surface area contributed by atoms with Crippen LogP contribution in [-0.4, -0.2) is 136 Å². The Hall–Kier alpha value is -2.48. The zero-order valence-electron chi connectivity index (χ0n) is 36.2. The predicted octanol–water partition coefficient (Wildman–Crippen LogP) is 3.74. The largest absolute Gasteiger partial charge is 0.507 e. The van der Waals surface area contributed by atoms with Crippen LogP contribution in [0.4, 0.5) is 0 Å². The third-order valence-electron chi connectivity index (χ3n) is 12.8. The number of aliphatic hydroxyl groups excluding tert-OH is 7. The number of benzene rings is 1. The quantitative estimate of drug-likeness (QED) is 0.0703. The van der Waals surface area contributed by atoms with Gasteiger partial charge in [-0.3, -0.25) is 0 Å². The highest BCUT2D eigenvalue weighted by atomic mass is 16.7. The summed E-state index contributed by atoms with van der Waals surface area (Å²) in [4.78, 5) is 0. The molecule has 3 aliphatic heterocycles. The zero-order valence-corrected chi connectivity index (χ0v) is 36.2. The number of rotatable bonds is 24. The van der Waals surface area contributed by atoms with Crippen molar-refractivity contribution in [1.29, 1.82) is 0 Å². The Labute approximate surface area is 354 Å². The van der Waals surface area contributed by atoms with Crippen LogP contribution in [0, 0.1) is 13.8 Å². The van der Waals surface area contributed by atoms with Crippen molar-refractivity contribution in [3.05, 3.63) is 34.1 Å². The number of phenols is 1. The number of hydrogen-bond donors (Lipinski definition) is 8. The summed E-state index contributed by atoms with van der Waals surface area (Å²) in [5.41, 5.74) is 3.45. The lowest BCUT2D eigenvalue weighted by Gasteiger charge is -2.45. The Kier molecular flexibility index (Phi) is 18.8. The molecule has 2 saturated heterocycles. The van der Waals surface area contributed by atoms with Crippen molar-refractivity contribution in [1.82, 2.24) is 15.0 Å². The molecule has 16 heteroatoms. The first-order valence-electron chi connectivity index (χ1n) is 22.4. The van der Waals surface area contributed by atoms with Gasteiger partial charge in [0.05, 0.1) is 32.6 Å². The minimum atomic E-state index is -1.77. The summed E-state index contributed by atoms with van der Waals surface area (Å²) >= 11 is 0. The number of nitrogens with zero attached hydrogens (tertiary/aromatic N) is 3. The maximum absolute atomic E-state index is 11.3. The van der Waals surface area contributed by atoms with Gasteiger partial charge in [-0.2, -0.15) is 0 Å². The van der Waals surface area contributed by atoms with Crippen LogP contribution in [0.15, 0.2) is 6.20 Å². The van der Waals surface area contributed by atoms with Gasteiger partial charge in [0.1, 0.15) is 71.6 Å². The second kappa shape index (κ2) is 23.3. The van der Waals surface area contributed by atoms with Crippen LogP contribution in [0.25, 0.3) is 0 Å². The van der Waals surface area contributed by atoms with Gasteiger partial charge < -0.3 is 64.5 Å². The van der Waals surface area contributed by atoms with Gasteiger partial charge in [0.2, 0.25) is 0 Å². The number of aliphatic hydroxyl groups is 7. The molecule has 0 radical (unpaired) electrons. The molecule has 1 aromatic carbocycles. The standard InChI is InChI=1S/C44H73N3O13/c1-5-6-7-8-9-10-11-12-13-14-15-16-17-18-20-44(4)21-19-30-31(34(50)27(2)28(3)40(30)60-44)23-47-22-29(45-46-47)26-56-42-39(55)37(53)41(33(25-49)58-42)59-43-38(54)36(52)35(51)32(24-48)57-43/h22,32-33,35-39,41-43,48-55H,5-21,23-26H2,1-4H3/t32-,33-,35+,36+,37+,38-,39-,41-,42-,43+,44?/m0/s1. The smallest absolute Gasteiger partial charge is 0.187 e. The van der Waals surface area contributed by atoms with E-state index in [0.717, 1.165) is 53.7 Å². The number of fused-ring (bicyclic) bond motifs is 1. The monoisotopic (exact) mass is 852 g/mol. The van der Waals surface area contributed by atoms with Crippen LogP contribution < -0.4 is 4.74 Å². The van der Waals surface area contributed by atoms with Crippen LogP contribution in [0.3, 0.4) is 0 Å². The number of unbranched alkanes of at least 4 members (excludes halogenated alkanes) is 13. The lowest BCUT2D eigenvalue weighted by Crippen LogP contribution is -2.64. The Balaban J connectivity index is 1.09. The van der Waals surface area contributed by atoms with Gasteiger partial charge in [0, 0.05) is 11.1 Å². The number of ether oxygens (including phenoxy) is 5. The van der Waals surface area contributed by atoms with E-state index in [4.69, 9.17) is 23.7 Å². The molecule has 0 aliphatic carbocycles. The first kappa shape index (κ1) is 48.6. The Morgan fingerprint density at radius 3 is 1.95 bits per heavy atom. The van der Waals surface area contributed by atoms with E-state index in [-0.39, 0.29) is 24.5 Å². The van der Waals surface area contributed by atoms with Gasteiger partial charge in [-0.1, -0.05) is 95.6 Å². The molecule has 4 heterocycles.